The Bertz CT molecular complexity index is 382. The van der Waals surface area contributed by atoms with Gasteiger partial charge >= 0.3 is 5.97 Å². The van der Waals surface area contributed by atoms with Crippen LogP contribution in [0, 0.1) is 5.92 Å². The average Bonchev–Trinajstić information content (AvgIpc) is 2.74. The van der Waals surface area contributed by atoms with Gasteiger partial charge in [-0.2, -0.15) is 0 Å². The maximum atomic E-state index is 11.1. The molecule has 0 saturated heterocycles. The second kappa shape index (κ2) is 5.33. The van der Waals surface area contributed by atoms with E-state index in [4.69, 9.17) is 9.52 Å². The van der Waals surface area contributed by atoms with Crippen LogP contribution in [0.1, 0.15) is 29.2 Å². The lowest BCUT2D eigenvalue weighted by Gasteiger charge is -2.31. The number of hydrogen-bond donors (Lipinski definition) is 2. The van der Waals surface area contributed by atoms with E-state index in [9.17, 15) is 4.79 Å². The molecule has 2 rings (SSSR count). The summed E-state index contributed by atoms with van der Waals surface area (Å²) in [5, 5.41) is 12.4. The minimum Gasteiger partial charge on any atom is -0.463 e. The summed E-state index contributed by atoms with van der Waals surface area (Å²) < 4.78 is 9.85. The molecule has 5 nitrogen and oxygen atoms in total. The SMILES string of the molecule is COC(=O)c1ccc(CNCC2CC(O)C2)o1. The highest BCUT2D eigenvalue weighted by Gasteiger charge is 2.26. The summed E-state index contributed by atoms with van der Waals surface area (Å²) in [4.78, 5) is 11.1. The zero-order chi connectivity index (χ0) is 12.3. The molecular weight excluding hydrogens is 222 g/mol. The number of furan rings is 1. The second-order valence-electron chi connectivity index (χ2n) is 4.38. The highest BCUT2D eigenvalue weighted by molar-refractivity contribution is 5.86. The molecule has 5 heteroatoms. The van der Waals surface area contributed by atoms with Gasteiger partial charge in [0.1, 0.15) is 5.76 Å². The van der Waals surface area contributed by atoms with Crippen molar-refractivity contribution < 1.29 is 19.1 Å². The van der Waals surface area contributed by atoms with Gasteiger partial charge in [0.15, 0.2) is 0 Å². The van der Waals surface area contributed by atoms with Crippen molar-refractivity contribution in [2.24, 2.45) is 5.92 Å². The van der Waals surface area contributed by atoms with Crippen LogP contribution < -0.4 is 5.32 Å². The number of nitrogens with one attached hydrogen (secondary N) is 1. The Kier molecular flexibility index (Phi) is 3.81. The van der Waals surface area contributed by atoms with Crippen LogP contribution in [0.4, 0.5) is 0 Å². The summed E-state index contributed by atoms with van der Waals surface area (Å²) in [5.41, 5.74) is 0. The van der Waals surface area contributed by atoms with E-state index >= 15 is 0 Å². The van der Waals surface area contributed by atoms with Crippen molar-refractivity contribution in [3.05, 3.63) is 23.7 Å². The van der Waals surface area contributed by atoms with Crippen molar-refractivity contribution in [2.45, 2.75) is 25.5 Å². The molecule has 0 spiro atoms. The van der Waals surface area contributed by atoms with E-state index in [2.05, 4.69) is 10.1 Å². The predicted molar refractivity (Wildman–Crippen MR) is 60.5 cm³/mol. The summed E-state index contributed by atoms with van der Waals surface area (Å²) in [6, 6.07) is 3.37. The normalized spacial score (nSPS) is 23.2. The monoisotopic (exact) mass is 239 g/mol. The maximum absolute atomic E-state index is 11.1. The number of carbonyl (C=O) groups is 1. The molecule has 1 saturated carbocycles. The summed E-state index contributed by atoms with van der Waals surface area (Å²) in [7, 11) is 1.32. The molecule has 1 aromatic rings. The van der Waals surface area contributed by atoms with Gasteiger partial charge in [0.05, 0.1) is 19.8 Å². The zero-order valence-electron chi connectivity index (χ0n) is 9.81. The fraction of sp³-hybridized carbons (Fsp3) is 0.583. The van der Waals surface area contributed by atoms with Gasteiger partial charge in [0.25, 0.3) is 0 Å². The number of aliphatic hydroxyl groups is 1. The van der Waals surface area contributed by atoms with Crippen LogP contribution in [0.25, 0.3) is 0 Å². The van der Waals surface area contributed by atoms with Gasteiger partial charge in [-0.15, -0.1) is 0 Å². The molecule has 0 unspecified atom stereocenters. The topological polar surface area (TPSA) is 71.7 Å². The largest absolute Gasteiger partial charge is 0.463 e. The molecule has 1 aromatic heterocycles. The lowest BCUT2D eigenvalue weighted by Crippen LogP contribution is -2.35. The van der Waals surface area contributed by atoms with Crippen LogP contribution >= 0.6 is 0 Å². The Morgan fingerprint density at radius 1 is 1.59 bits per heavy atom. The number of ether oxygens (including phenoxy) is 1. The average molecular weight is 239 g/mol. The number of carbonyl (C=O) groups excluding carboxylic acids is 1. The minimum atomic E-state index is -0.460. The van der Waals surface area contributed by atoms with Gasteiger partial charge in [-0.25, -0.2) is 4.79 Å². The summed E-state index contributed by atoms with van der Waals surface area (Å²) in [6.07, 6.45) is 1.63. The Morgan fingerprint density at radius 3 is 3.00 bits per heavy atom. The van der Waals surface area contributed by atoms with E-state index in [0.29, 0.717) is 18.2 Å². The zero-order valence-corrected chi connectivity index (χ0v) is 9.81. The smallest absolute Gasteiger partial charge is 0.373 e. The van der Waals surface area contributed by atoms with Crippen molar-refractivity contribution >= 4 is 5.97 Å². The summed E-state index contributed by atoms with van der Waals surface area (Å²) in [6.45, 7) is 1.45. The molecule has 1 aliphatic rings. The molecule has 0 radical (unpaired) electrons. The molecule has 0 atom stereocenters. The van der Waals surface area contributed by atoms with Gasteiger partial charge in [-0.3, -0.25) is 0 Å². The van der Waals surface area contributed by atoms with E-state index in [1.165, 1.54) is 7.11 Å². The van der Waals surface area contributed by atoms with Crippen LogP contribution in [0.3, 0.4) is 0 Å². The third-order valence-corrected chi connectivity index (χ3v) is 2.99. The van der Waals surface area contributed by atoms with E-state index in [-0.39, 0.29) is 11.9 Å². The first kappa shape index (κ1) is 12.1. The number of rotatable bonds is 5. The lowest BCUT2D eigenvalue weighted by molar-refractivity contribution is 0.0426. The predicted octanol–water partition coefficient (Wildman–Crippen LogP) is 0.927. The van der Waals surface area contributed by atoms with Crippen molar-refractivity contribution in [3.63, 3.8) is 0 Å². The quantitative estimate of drug-likeness (QED) is 0.748. The Morgan fingerprint density at radius 2 is 2.35 bits per heavy atom. The van der Waals surface area contributed by atoms with E-state index in [1.807, 2.05) is 0 Å². The van der Waals surface area contributed by atoms with Gasteiger partial charge in [0.2, 0.25) is 5.76 Å². The molecule has 1 aliphatic carbocycles. The minimum absolute atomic E-state index is 0.115. The lowest BCUT2D eigenvalue weighted by atomic mass is 9.82. The second-order valence-corrected chi connectivity index (χ2v) is 4.38. The summed E-state index contributed by atoms with van der Waals surface area (Å²) in [5.74, 6) is 1.03. The molecule has 0 aliphatic heterocycles. The molecule has 0 aromatic carbocycles. The number of aliphatic hydroxyl groups excluding tert-OH is 1. The fourth-order valence-electron chi connectivity index (χ4n) is 1.95. The van der Waals surface area contributed by atoms with Crippen LogP contribution in [-0.2, 0) is 11.3 Å². The molecule has 1 fully saturated rings. The maximum Gasteiger partial charge on any atom is 0.373 e. The van der Waals surface area contributed by atoms with Crippen LogP contribution in [0.2, 0.25) is 0 Å². The third-order valence-electron chi connectivity index (χ3n) is 2.99. The van der Waals surface area contributed by atoms with Gasteiger partial charge in [0, 0.05) is 0 Å². The third kappa shape index (κ3) is 3.08. The van der Waals surface area contributed by atoms with Gasteiger partial charge < -0.3 is 19.6 Å². The van der Waals surface area contributed by atoms with Crippen LogP contribution in [-0.4, -0.2) is 30.8 Å². The Labute approximate surface area is 99.8 Å². The van der Waals surface area contributed by atoms with Crippen molar-refractivity contribution in [1.82, 2.24) is 5.32 Å². The van der Waals surface area contributed by atoms with Gasteiger partial charge in [-0.1, -0.05) is 0 Å². The highest BCUT2D eigenvalue weighted by Crippen LogP contribution is 2.26. The van der Waals surface area contributed by atoms with Crippen molar-refractivity contribution in [1.29, 1.82) is 0 Å². The number of methoxy groups -OCH3 is 1. The Balaban J connectivity index is 1.72. The number of esters is 1. The molecule has 17 heavy (non-hydrogen) atoms. The van der Waals surface area contributed by atoms with Crippen LogP contribution in [0.5, 0.6) is 0 Å². The molecule has 2 N–H and O–H groups in total. The molecule has 1 heterocycles. The standard InChI is InChI=1S/C12H17NO4/c1-16-12(15)11-3-2-10(17-11)7-13-6-8-4-9(14)5-8/h2-3,8-9,13-14H,4-7H2,1H3. The molecule has 0 amide bonds. The van der Waals surface area contributed by atoms with Crippen molar-refractivity contribution in [2.75, 3.05) is 13.7 Å². The fourth-order valence-corrected chi connectivity index (χ4v) is 1.95. The Hall–Kier alpha value is -1.33. The number of hydrogen-bond acceptors (Lipinski definition) is 5. The van der Waals surface area contributed by atoms with E-state index in [1.54, 1.807) is 12.1 Å². The summed E-state index contributed by atoms with van der Waals surface area (Å²) >= 11 is 0. The molecule has 0 bridgehead atoms. The first-order chi connectivity index (χ1) is 8.19. The first-order valence-corrected chi connectivity index (χ1v) is 5.75. The molecular formula is C12H17NO4. The first-order valence-electron chi connectivity index (χ1n) is 5.75. The molecule has 94 valence electrons. The van der Waals surface area contributed by atoms with E-state index < -0.39 is 5.97 Å². The van der Waals surface area contributed by atoms with Crippen molar-refractivity contribution in [3.8, 4) is 0 Å². The van der Waals surface area contributed by atoms with Gasteiger partial charge in [-0.05, 0) is 37.4 Å². The highest BCUT2D eigenvalue weighted by atomic mass is 16.5. The van der Waals surface area contributed by atoms with Crippen LogP contribution in [0.15, 0.2) is 16.5 Å². The van der Waals surface area contributed by atoms with E-state index in [0.717, 1.165) is 19.4 Å².